The van der Waals surface area contributed by atoms with Gasteiger partial charge in [0.05, 0.1) is 34.4 Å². The molecular formula is C29H18N6O4S. The molecule has 6 rings (SSSR count). The summed E-state index contributed by atoms with van der Waals surface area (Å²) in [6.07, 6.45) is 4.41. The number of oxazole rings is 1. The van der Waals surface area contributed by atoms with Crippen molar-refractivity contribution in [1.82, 2.24) is 14.5 Å². The van der Waals surface area contributed by atoms with Crippen LogP contribution in [0.2, 0.25) is 0 Å². The number of phenols is 1. The predicted molar refractivity (Wildman–Crippen MR) is 150 cm³/mol. The van der Waals surface area contributed by atoms with Gasteiger partial charge in [-0.2, -0.15) is 10.5 Å². The Hall–Kier alpha value is -5.52. The Morgan fingerprint density at radius 3 is 2.77 bits per heavy atom. The van der Waals surface area contributed by atoms with Crippen molar-refractivity contribution < 1.29 is 14.3 Å². The summed E-state index contributed by atoms with van der Waals surface area (Å²) in [6, 6.07) is 18.2. The Morgan fingerprint density at radius 2 is 2.00 bits per heavy atom. The summed E-state index contributed by atoms with van der Waals surface area (Å²) < 4.78 is 13.1. The third-order valence-corrected chi connectivity index (χ3v) is 7.48. The first kappa shape index (κ1) is 24.8. The van der Waals surface area contributed by atoms with Crippen molar-refractivity contribution in [3.63, 3.8) is 0 Å². The normalized spacial score (nSPS) is 15.5. The second kappa shape index (κ2) is 9.98. The van der Waals surface area contributed by atoms with Crippen molar-refractivity contribution >= 4 is 57.2 Å². The SMILES string of the molecule is CCO/C=N/C1=C(C#N)C(c2nc3ccccc3o2)C(C#N)=c2s/c(=C/c3ccc(O)c4ncccc34)c(=O)n21. The largest absolute Gasteiger partial charge is 0.506 e. The van der Waals surface area contributed by atoms with Gasteiger partial charge in [0.15, 0.2) is 17.8 Å². The zero-order chi connectivity index (χ0) is 27.8. The maximum atomic E-state index is 13.8. The second-order valence-electron chi connectivity index (χ2n) is 8.65. The fourth-order valence-electron chi connectivity index (χ4n) is 4.60. The van der Waals surface area contributed by atoms with E-state index in [4.69, 9.17) is 9.15 Å². The van der Waals surface area contributed by atoms with E-state index in [1.54, 1.807) is 55.6 Å². The van der Waals surface area contributed by atoms with Crippen LogP contribution in [0.4, 0.5) is 0 Å². The quantitative estimate of drug-likeness (QED) is 0.260. The van der Waals surface area contributed by atoms with Gasteiger partial charge in [-0.1, -0.05) is 24.3 Å². The Morgan fingerprint density at radius 1 is 1.18 bits per heavy atom. The number of nitrogens with zero attached hydrogens (tertiary/aromatic N) is 6. The number of rotatable bonds is 5. The van der Waals surface area contributed by atoms with Crippen molar-refractivity contribution in [3.05, 3.63) is 91.3 Å². The minimum atomic E-state index is -0.985. The van der Waals surface area contributed by atoms with Crippen LogP contribution in [0.25, 0.3) is 39.5 Å². The first-order valence-electron chi connectivity index (χ1n) is 12.1. The van der Waals surface area contributed by atoms with Gasteiger partial charge in [-0.05, 0) is 42.8 Å². The highest BCUT2D eigenvalue weighted by Gasteiger charge is 2.36. The van der Waals surface area contributed by atoms with Crippen LogP contribution in [0.3, 0.4) is 0 Å². The highest BCUT2D eigenvalue weighted by molar-refractivity contribution is 7.07. The number of benzene rings is 2. The first-order valence-corrected chi connectivity index (χ1v) is 13.0. The molecule has 1 aliphatic heterocycles. The van der Waals surface area contributed by atoms with Gasteiger partial charge in [0.25, 0.3) is 5.56 Å². The first-order chi connectivity index (χ1) is 19.5. The number of ether oxygens (including phenoxy) is 1. The van der Waals surface area contributed by atoms with Gasteiger partial charge in [-0.3, -0.25) is 9.78 Å². The maximum Gasteiger partial charge on any atom is 0.274 e. The molecule has 5 aromatic rings. The number of allylic oxidation sites excluding steroid dienone is 1. The third kappa shape index (κ3) is 3.93. The average Bonchev–Trinajstić information content (AvgIpc) is 3.55. The molecule has 194 valence electrons. The molecule has 3 aromatic heterocycles. The molecule has 10 nitrogen and oxygen atoms in total. The summed E-state index contributed by atoms with van der Waals surface area (Å²) in [6.45, 7) is 2.11. The Balaban J connectivity index is 1.68. The number of pyridine rings is 1. The number of aromatic hydroxyl groups is 1. The van der Waals surface area contributed by atoms with Crippen LogP contribution in [0.15, 0.2) is 74.5 Å². The lowest BCUT2D eigenvalue weighted by molar-refractivity contribution is 0.343. The van der Waals surface area contributed by atoms with Crippen molar-refractivity contribution in [2.45, 2.75) is 12.8 Å². The van der Waals surface area contributed by atoms with Gasteiger partial charge in [-0.25, -0.2) is 14.5 Å². The van der Waals surface area contributed by atoms with Crippen LogP contribution in [0, 0.1) is 22.7 Å². The molecular weight excluding hydrogens is 528 g/mol. The topological polar surface area (TPSA) is 150 Å². The molecule has 1 N–H and O–H groups in total. The van der Waals surface area contributed by atoms with Gasteiger partial charge in [0, 0.05) is 11.6 Å². The molecule has 4 heterocycles. The van der Waals surface area contributed by atoms with Gasteiger partial charge >= 0.3 is 0 Å². The number of aromatic nitrogens is 3. The van der Waals surface area contributed by atoms with E-state index in [0.717, 1.165) is 11.3 Å². The number of aliphatic imine (C=N–C) groups is 1. The van der Waals surface area contributed by atoms with Crippen LogP contribution in [0.1, 0.15) is 24.3 Å². The number of thiazole rings is 1. The molecule has 0 spiro atoms. The Labute approximate surface area is 230 Å². The van der Waals surface area contributed by atoms with Crippen molar-refractivity contribution in [3.8, 4) is 17.9 Å². The van der Waals surface area contributed by atoms with E-state index < -0.39 is 11.5 Å². The van der Waals surface area contributed by atoms with E-state index in [1.165, 1.54) is 17.0 Å². The van der Waals surface area contributed by atoms with E-state index >= 15 is 0 Å². The van der Waals surface area contributed by atoms with Crippen molar-refractivity contribution in [1.29, 1.82) is 10.5 Å². The highest BCUT2D eigenvalue weighted by Crippen LogP contribution is 2.38. The highest BCUT2D eigenvalue weighted by atomic mass is 32.1. The third-order valence-electron chi connectivity index (χ3n) is 6.37. The van der Waals surface area contributed by atoms with Crippen LogP contribution in [0.5, 0.6) is 5.75 Å². The standard InChI is InChI=1S/C29H18N6O4S/c1-2-38-15-33-26-18(13-30)24(27-34-20-7-3-4-8-22(20)39-27)19(14-31)29-35(26)28(37)23(40-29)12-16-9-10-21(36)25-17(16)6-5-11-32-25/h3-12,15,24,36H,2H2,1H3/b23-12+,33-15+. The van der Waals surface area contributed by atoms with Gasteiger partial charge in [0.2, 0.25) is 5.89 Å². The fourth-order valence-corrected chi connectivity index (χ4v) is 5.70. The van der Waals surface area contributed by atoms with Crippen molar-refractivity contribution in [2.24, 2.45) is 4.99 Å². The van der Waals surface area contributed by atoms with E-state index in [0.29, 0.717) is 43.4 Å². The molecule has 0 aliphatic carbocycles. The van der Waals surface area contributed by atoms with E-state index in [9.17, 15) is 20.4 Å². The number of nitriles is 2. The fraction of sp³-hybridized carbons (Fsp3) is 0.103. The Kier molecular flexibility index (Phi) is 6.19. The molecule has 1 aliphatic rings. The number of phenolic OH excluding ortho intramolecular Hbond substituents is 1. The molecule has 0 fully saturated rings. The molecule has 1 unspecified atom stereocenters. The van der Waals surface area contributed by atoms with Crippen LogP contribution in [-0.2, 0) is 4.74 Å². The molecule has 2 aromatic carbocycles. The number of fused-ring (bicyclic) bond motifs is 3. The van der Waals surface area contributed by atoms with E-state index in [1.807, 2.05) is 6.07 Å². The summed E-state index contributed by atoms with van der Waals surface area (Å²) in [4.78, 5) is 27.0. The number of hydrogen-bond donors (Lipinski definition) is 1. The lowest BCUT2D eigenvalue weighted by Gasteiger charge is -2.19. The summed E-state index contributed by atoms with van der Waals surface area (Å²) in [5.74, 6) is -0.798. The molecule has 40 heavy (non-hydrogen) atoms. The monoisotopic (exact) mass is 546 g/mol. The lowest BCUT2D eigenvalue weighted by Crippen LogP contribution is -2.35. The molecule has 0 amide bonds. The Bertz CT molecular complexity index is 2120. The molecule has 11 heteroatoms. The van der Waals surface area contributed by atoms with E-state index in [-0.39, 0.29) is 28.6 Å². The molecule has 0 bridgehead atoms. The molecule has 0 radical (unpaired) electrons. The van der Waals surface area contributed by atoms with E-state index in [2.05, 4.69) is 27.1 Å². The van der Waals surface area contributed by atoms with Crippen LogP contribution < -0.4 is 14.8 Å². The molecule has 1 atom stereocenters. The summed E-state index contributed by atoms with van der Waals surface area (Å²) in [5, 5.41) is 31.5. The summed E-state index contributed by atoms with van der Waals surface area (Å²) in [5.41, 5.74) is 1.81. The molecule has 0 saturated carbocycles. The van der Waals surface area contributed by atoms with Crippen molar-refractivity contribution in [2.75, 3.05) is 6.61 Å². The number of para-hydroxylation sites is 2. The van der Waals surface area contributed by atoms with Crippen LogP contribution >= 0.6 is 11.3 Å². The number of hydrogen-bond acceptors (Lipinski definition) is 10. The smallest absolute Gasteiger partial charge is 0.274 e. The van der Waals surface area contributed by atoms with Gasteiger partial charge < -0.3 is 14.3 Å². The zero-order valence-electron chi connectivity index (χ0n) is 20.9. The van der Waals surface area contributed by atoms with Gasteiger partial charge in [0.1, 0.15) is 27.4 Å². The second-order valence-corrected chi connectivity index (χ2v) is 9.68. The lowest BCUT2D eigenvalue weighted by atomic mass is 9.90. The summed E-state index contributed by atoms with van der Waals surface area (Å²) >= 11 is 1.09. The maximum absolute atomic E-state index is 13.8. The zero-order valence-corrected chi connectivity index (χ0v) is 21.7. The minimum Gasteiger partial charge on any atom is -0.506 e. The van der Waals surface area contributed by atoms with Crippen LogP contribution in [-0.4, -0.2) is 32.6 Å². The average molecular weight is 547 g/mol. The van der Waals surface area contributed by atoms with Gasteiger partial charge in [-0.15, -0.1) is 11.3 Å². The molecule has 0 saturated heterocycles. The minimum absolute atomic E-state index is 0.0189. The predicted octanol–water partition coefficient (Wildman–Crippen LogP) is 3.36. The summed E-state index contributed by atoms with van der Waals surface area (Å²) in [7, 11) is 0.